The summed E-state index contributed by atoms with van der Waals surface area (Å²) < 4.78 is 0. The van der Waals surface area contributed by atoms with Crippen LogP contribution in [0.15, 0.2) is 23.8 Å². The Labute approximate surface area is 153 Å². The van der Waals surface area contributed by atoms with E-state index < -0.39 is 6.10 Å². The van der Waals surface area contributed by atoms with Crippen molar-refractivity contribution < 1.29 is 14.7 Å². The molecule has 0 aromatic rings. The zero-order valence-corrected chi connectivity index (χ0v) is 16.8. The maximum absolute atomic E-state index is 11.8. The van der Waals surface area contributed by atoms with Gasteiger partial charge in [0, 0.05) is 12.5 Å². The van der Waals surface area contributed by atoms with Crippen molar-refractivity contribution >= 4 is 12.2 Å². The number of rotatable bonds is 11. The minimum atomic E-state index is -0.628. The minimum Gasteiger partial charge on any atom is -0.392 e. The Kier molecular flexibility index (Phi) is 11.3. The van der Waals surface area contributed by atoms with Gasteiger partial charge in [-0.25, -0.2) is 0 Å². The van der Waals surface area contributed by atoms with E-state index in [-0.39, 0.29) is 23.7 Å². The van der Waals surface area contributed by atoms with Gasteiger partial charge in [-0.3, -0.25) is 4.79 Å². The van der Waals surface area contributed by atoms with Crippen LogP contribution in [0.25, 0.3) is 0 Å². The van der Waals surface area contributed by atoms with Crippen molar-refractivity contribution in [3.05, 3.63) is 23.8 Å². The van der Waals surface area contributed by atoms with Crippen LogP contribution < -0.4 is 5.32 Å². The molecule has 0 aromatic heterocycles. The van der Waals surface area contributed by atoms with E-state index in [1.54, 1.807) is 0 Å². The second-order valence-electron chi connectivity index (χ2n) is 8.27. The largest absolute Gasteiger partial charge is 0.392 e. The van der Waals surface area contributed by atoms with Crippen LogP contribution in [-0.2, 0) is 9.59 Å². The minimum absolute atomic E-state index is 0.109. The average molecular weight is 352 g/mol. The highest BCUT2D eigenvalue weighted by molar-refractivity contribution is 5.76. The third-order valence-electron chi connectivity index (χ3n) is 4.24. The van der Waals surface area contributed by atoms with Crippen LogP contribution in [0, 0.1) is 17.3 Å². The second kappa shape index (κ2) is 12.0. The van der Waals surface area contributed by atoms with Crippen molar-refractivity contribution in [3.8, 4) is 0 Å². The number of hydrogen-bond donors (Lipinski definition) is 2. The van der Waals surface area contributed by atoms with Crippen LogP contribution in [0.2, 0.25) is 0 Å². The molecule has 0 fully saturated rings. The molecule has 0 aromatic carbocycles. The summed E-state index contributed by atoms with van der Waals surface area (Å²) in [5, 5.41) is 12.8. The van der Waals surface area contributed by atoms with Crippen LogP contribution in [0.4, 0.5) is 0 Å². The maximum Gasteiger partial charge on any atom is 0.222 e. The Bertz CT molecular complexity index is 460. The van der Waals surface area contributed by atoms with Gasteiger partial charge in [-0.15, -0.1) is 0 Å². The average Bonchev–Trinajstić information content (AvgIpc) is 2.50. The van der Waals surface area contributed by atoms with Crippen molar-refractivity contribution in [3.63, 3.8) is 0 Å². The van der Waals surface area contributed by atoms with Crippen LogP contribution in [-0.4, -0.2) is 29.9 Å². The first-order chi connectivity index (χ1) is 11.6. The summed E-state index contributed by atoms with van der Waals surface area (Å²) in [6, 6.07) is 0. The fraction of sp³-hybridized carbons (Fsp3) is 0.714. The Balaban J connectivity index is 4.03. The zero-order valence-electron chi connectivity index (χ0n) is 16.8. The first-order valence-corrected chi connectivity index (χ1v) is 9.29. The van der Waals surface area contributed by atoms with E-state index in [1.807, 2.05) is 34.6 Å². The topological polar surface area (TPSA) is 66.4 Å². The Morgan fingerprint density at radius 3 is 2.44 bits per heavy atom. The van der Waals surface area contributed by atoms with E-state index in [0.717, 1.165) is 25.5 Å². The van der Waals surface area contributed by atoms with Crippen molar-refractivity contribution in [1.29, 1.82) is 0 Å². The van der Waals surface area contributed by atoms with Gasteiger partial charge in [-0.2, -0.15) is 0 Å². The highest BCUT2D eigenvalue weighted by Crippen LogP contribution is 2.21. The standard InChI is InChI=1S/C21H37NO3/c1-16(9-7-10-17(2)13-18(3)15-23)11-8-12-22-20(25)14-19(24)21(4,5)6/h7,9,11,15,17-19,24H,8,10,12-14H2,1-6H3,(H,22,25)/b9-7+,16-11-/t17?,18?,19-/m0/s1. The van der Waals surface area contributed by atoms with E-state index in [4.69, 9.17) is 0 Å². The quantitative estimate of drug-likeness (QED) is 0.335. The molecule has 0 bridgehead atoms. The lowest BCUT2D eigenvalue weighted by Gasteiger charge is -2.25. The molecule has 0 aliphatic rings. The Morgan fingerprint density at radius 1 is 1.24 bits per heavy atom. The molecule has 25 heavy (non-hydrogen) atoms. The Morgan fingerprint density at radius 2 is 1.88 bits per heavy atom. The summed E-state index contributed by atoms with van der Waals surface area (Å²) in [5.74, 6) is 0.514. The summed E-state index contributed by atoms with van der Waals surface area (Å²) in [5.41, 5.74) is 0.888. The number of allylic oxidation sites excluding steroid dienone is 3. The first kappa shape index (κ1) is 23.6. The van der Waals surface area contributed by atoms with Crippen LogP contribution in [0.5, 0.6) is 0 Å². The molecule has 1 amide bonds. The van der Waals surface area contributed by atoms with Crippen molar-refractivity contribution in [2.75, 3.05) is 6.54 Å². The molecule has 3 atom stereocenters. The molecule has 144 valence electrons. The van der Waals surface area contributed by atoms with Gasteiger partial charge < -0.3 is 15.2 Å². The molecule has 4 nitrogen and oxygen atoms in total. The van der Waals surface area contributed by atoms with Gasteiger partial charge in [0.2, 0.25) is 5.91 Å². The third kappa shape index (κ3) is 12.6. The highest BCUT2D eigenvalue weighted by Gasteiger charge is 2.24. The number of carbonyl (C=O) groups is 2. The number of amides is 1. The molecule has 0 rings (SSSR count). The molecule has 0 aliphatic heterocycles. The lowest BCUT2D eigenvalue weighted by molar-refractivity contribution is -0.124. The third-order valence-corrected chi connectivity index (χ3v) is 4.24. The van der Waals surface area contributed by atoms with E-state index in [2.05, 4.69) is 30.5 Å². The van der Waals surface area contributed by atoms with E-state index in [0.29, 0.717) is 12.5 Å². The summed E-state index contributed by atoms with van der Waals surface area (Å²) in [6.07, 6.45) is 9.51. The van der Waals surface area contributed by atoms with Gasteiger partial charge in [0.25, 0.3) is 0 Å². The maximum atomic E-state index is 11.8. The summed E-state index contributed by atoms with van der Waals surface area (Å²) in [4.78, 5) is 22.4. The molecular weight excluding hydrogens is 314 g/mol. The van der Waals surface area contributed by atoms with Gasteiger partial charge in [-0.05, 0) is 37.5 Å². The fourth-order valence-corrected chi connectivity index (χ4v) is 2.41. The highest BCUT2D eigenvalue weighted by atomic mass is 16.3. The van der Waals surface area contributed by atoms with Gasteiger partial charge in [0.05, 0.1) is 12.5 Å². The molecule has 2 unspecified atom stereocenters. The Hall–Kier alpha value is -1.42. The fourth-order valence-electron chi connectivity index (χ4n) is 2.41. The van der Waals surface area contributed by atoms with Crippen molar-refractivity contribution in [2.24, 2.45) is 17.3 Å². The summed E-state index contributed by atoms with van der Waals surface area (Å²) in [6.45, 7) is 12.5. The molecular formula is C21H37NO3. The predicted molar refractivity (Wildman–Crippen MR) is 104 cm³/mol. The molecule has 0 saturated heterocycles. The van der Waals surface area contributed by atoms with E-state index in [9.17, 15) is 14.7 Å². The predicted octanol–water partition coefficient (Wildman–Crippen LogP) is 4.04. The monoisotopic (exact) mass is 351 g/mol. The van der Waals surface area contributed by atoms with Gasteiger partial charge in [0.15, 0.2) is 0 Å². The van der Waals surface area contributed by atoms with Crippen molar-refractivity contribution in [1.82, 2.24) is 5.32 Å². The number of aliphatic hydroxyl groups excluding tert-OH is 1. The number of aliphatic hydroxyl groups is 1. The molecule has 0 spiro atoms. The number of hydrogen-bond acceptors (Lipinski definition) is 3. The first-order valence-electron chi connectivity index (χ1n) is 9.29. The van der Waals surface area contributed by atoms with E-state index >= 15 is 0 Å². The van der Waals surface area contributed by atoms with Gasteiger partial charge in [-0.1, -0.05) is 58.4 Å². The molecule has 2 N–H and O–H groups in total. The number of carbonyl (C=O) groups excluding carboxylic acids is 2. The summed E-state index contributed by atoms with van der Waals surface area (Å²) >= 11 is 0. The zero-order chi connectivity index (χ0) is 19.5. The summed E-state index contributed by atoms with van der Waals surface area (Å²) in [7, 11) is 0. The lowest BCUT2D eigenvalue weighted by Crippen LogP contribution is -2.34. The SMILES string of the molecule is CC(=C/CCNC(=O)C[C@H](O)C(C)(C)C)/C=C/CC(C)CC(C)C=O. The molecule has 4 heteroatoms. The normalized spacial score (nSPS) is 16.5. The van der Waals surface area contributed by atoms with Crippen LogP contribution in [0.3, 0.4) is 0 Å². The molecule has 0 radical (unpaired) electrons. The van der Waals surface area contributed by atoms with E-state index in [1.165, 1.54) is 5.57 Å². The molecule has 0 heterocycles. The lowest BCUT2D eigenvalue weighted by atomic mass is 9.87. The molecule has 0 saturated carbocycles. The number of nitrogens with one attached hydrogen (secondary N) is 1. The number of aldehydes is 1. The molecule has 0 aliphatic carbocycles. The van der Waals surface area contributed by atoms with Gasteiger partial charge >= 0.3 is 0 Å². The van der Waals surface area contributed by atoms with Crippen molar-refractivity contribution in [2.45, 2.75) is 73.3 Å². The van der Waals surface area contributed by atoms with Crippen LogP contribution >= 0.6 is 0 Å². The second-order valence-corrected chi connectivity index (χ2v) is 8.27. The van der Waals surface area contributed by atoms with Gasteiger partial charge in [0.1, 0.15) is 6.29 Å². The smallest absolute Gasteiger partial charge is 0.222 e. The van der Waals surface area contributed by atoms with Crippen LogP contribution in [0.1, 0.15) is 67.2 Å².